The van der Waals surface area contributed by atoms with Crippen molar-refractivity contribution in [3.8, 4) is 0 Å². The summed E-state index contributed by atoms with van der Waals surface area (Å²) in [5.74, 6) is -0.501. The number of rotatable bonds is 7. The summed E-state index contributed by atoms with van der Waals surface area (Å²) < 4.78 is 14.7. The van der Waals surface area contributed by atoms with Gasteiger partial charge in [0.1, 0.15) is 11.5 Å². The van der Waals surface area contributed by atoms with E-state index in [2.05, 4.69) is 10.3 Å². The monoisotopic (exact) mass is 429 g/mol. The second-order valence-corrected chi connectivity index (χ2v) is 7.77. The van der Waals surface area contributed by atoms with E-state index < -0.39 is 0 Å². The van der Waals surface area contributed by atoms with Crippen molar-refractivity contribution < 1.29 is 9.18 Å². The Morgan fingerprint density at radius 2 is 1.72 bits per heavy atom. The summed E-state index contributed by atoms with van der Waals surface area (Å²) >= 11 is 0. The summed E-state index contributed by atoms with van der Waals surface area (Å²) in [5, 5.41) is 2.81. The van der Waals surface area contributed by atoms with Crippen molar-refractivity contribution in [3.63, 3.8) is 0 Å². The van der Waals surface area contributed by atoms with Gasteiger partial charge in [0, 0.05) is 19.4 Å². The maximum Gasteiger partial charge on any atom is 0.273 e. The molecule has 1 N–H and O–H groups in total. The number of fused-ring (bicyclic) bond motifs is 1. The zero-order valence-electron chi connectivity index (χ0n) is 17.8. The first-order valence-corrected chi connectivity index (χ1v) is 10.6. The Balaban J connectivity index is 1.53. The largest absolute Gasteiger partial charge is 0.352 e. The molecule has 0 saturated carbocycles. The molecular formula is C26H24FN3O2. The number of hydrogen-bond acceptors (Lipinski definition) is 3. The Morgan fingerprint density at radius 1 is 1.00 bits per heavy atom. The van der Waals surface area contributed by atoms with Gasteiger partial charge in [-0.3, -0.25) is 9.59 Å². The number of amides is 1. The highest BCUT2D eigenvalue weighted by atomic mass is 19.1. The molecule has 0 aliphatic heterocycles. The molecule has 162 valence electrons. The molecule has 0 aliphatic rings. The number of carbonyl (C=O) groups is 1. The second kappa shape index (κ2) is 9.56. The SMILES string of the molecule is Cc1ccccc1Cn1c(=O)c(CCC(=O)NCc2ccc(F)cc2)nc2ccccc21. The highest BCUT2D eigenvalue weighted by Crippen LogP contribution is 2.15. The number of para-hydroxylation sites is 2. The average molecular weight is 429 g/mol. The van der Waals surface area contributed by atoms with Gasteiger partial charge in [-0.25, -0.2) is 9.37 Å². The molecule has 0 aliphatic carbocycles. The minimum atomic E-state index is -0.315. The lowest BCUT2D eigenvalue weighted by atomic mass is 10.1. The van der Waals surface area contributed by atoms with Gasteiger partial charge < -0.3 is 9.88 Å². The van der Waals surface area contributed by atoms with Gasteiger partial charge in [0.05, 0.1) is 17.6 Å². The molecule has 0 unspecified atom stereocenters. The third-order valence-corrected chi connectivity index (χ3v) is 5.50. The summed E-state index contributed by atoms with van der Waals surface area (Å²) in [5.41, 5.74) is 4.67. The number of benzene rings is 3. The lowest BCUT2D eigenvalue weighted by molar-refractivity contribution is -0.121. The van der Waals surface area contributed by atoms with E-state index in [9.17, 15) is 14.0 Å². The van der Waals surface area contributed by atoms with E-state index in [4.69, 9.17) is 0 Å². The molecule has 0 fully saturated rings. The number of aryl methyl sites for hydroxylation is 2. The molecule has 0 radical (unpaired) electrons. The standard InChI is InChI=1S/C26H24FN3O2/c1-18-6-2-3-7-20(18)17-30-24-9-5-4-8-22(24)29-23(26(30)32)14-15-25(31)28-16-19-10-12-21(27)13-11-19/h2-13H,14-17H2,1H3,(H,28,31). The number of hydrogen-bond donors (Lipinski definition) is 1. The summed E-state index contributed by atoms with van der Waals surface area (Å²) in [7, 11) is 0. The molecule has 1 aromatic heterocycles. The molecular weight excluding hydrogens is 405 g/mol. The normalized spacial score (nSPS) is 10.9. The molecule has 0 atom stereocenters. The summed E-state index contributed by atoms with van der Waals surface area (Å²) in [6, 6.07) is 21.5. The highest BCUT2D eigenvalue weighted by molar-refractivity contribution is 5.77. The van der Waals surface area contributed by atoms with E-state index in [0.29, 0.717) is 18.8 Å². The zero-order valence-corrected chi connectivity index (χ0v) is 17.8. The van der Waals surface area contributed by atoms with Crippen LogP contribution < -0.4 is 10.9 Å². The Morgan fingerprint density at radius 3 is 2.50 bits per heavy atom. The molecule has 5 nitrogen and oxygen atoms in total. The van der Waals surface area contributed by atoms with Crippen LogP contribution in [-0.2, 0) is 24.3 Å². The van der Waals surface area contributed by atoms with E-state index in [-0.39, 0.29) is 30.1 Å². The molecule has 1 amide bonds. The van der Waals surface area contributed by atoms with Gasteiger partial charge in [-0.1, -0.05) is 48.5 Å². The third kappa shape index (κ3) is 4.91. The van der Waals surface area contributed by atoms with E-state index in [1.165, 1.54) is 12.1 Å². The summed E-state index contributed by atoms with van der Waals surface area (Å²) in [4.78, 5) is 30.1. The molecule has 3 aromatic carbocycles. The third-order valence-electron chi connectivity index (χ3n) is 5.50. The Hall–Kier alpha value is -3.80. The molecule has 32 heavy (non-hydrogen) atoms. The van der Waals surface area contributed by atoms with Crippen molar-refractivity contribution >= 4 is 16.9 Å². The van der Waals surface area contributed by atoms with Gasteiger partial charge in [0.25, 0.3) is 5.56 Å². The fourth-order valence-electron chi connectivity index (χ4n) is 3.65. The summed E-state index contributed by atoms with van der Waals surface area (Å²) in [6.07, 6.45) is 0.388. The van der Waals surface area contributed by atoms with Crippen LogP contribution in [0.3, 0.4) is 0 Å². The number of aromatic nitrogens is 2. The van der Waals surface area contributed by atoms with Gasteiger partial charge in [0.2, 0.25) is 5.91 Å². The van der Waals surface area contributed by atoms with Crippen molar-refractivity contribution in [2.75, 3.05) is 0 Å². The smallest absolute Gasteiger partial charge is 0.273 e. The van der Waals surface area contributed by atoms with Crippen LogP contribution in [0.25, 0.3) is 11.0 Å². The maximum atomic E-state index is 13.3. The first kappa shape index (κ1) is 21.4. The molecule has 6 heteroatoms. The van der Waals surface area contributed by atoms with Crippen molar-refractivity contribution in [2.24, 2.45) is 0 Å². The molecule has 0 bridgehead atoms. The minimum absolute atomic E-state index is 0.145. The molecule has 0 saturated heterocycles. The van der Waals surface area contributed by atoms with Crippen molar-refractivity contribution in [1.29, 1.82) is 0 Å². The van der Waals surface area contributed by atoms with Crippen LogP contribution in [0, 0.1) is 12.7 Å². The van der Waals surface area contributed by atoms with Crippen LogP contribution >= 0.6 is 0 Å². The summed E-state index contributed by atoms with van der Waals surface area (Å²) in [6.45, 7) is 2.77. The van der Waals surface area contributed by atoms with E-state index >= 15 is 0 Å². The highest BCUT2D eigenvalue weighted by Gasteiger charge is 2.13. The van der Waals surface area contributed by atoms with Gasteiger partial charge in [-0.05, 0) is 47.9 Å². The zero-order chi connectivity index (χ0) is 22.5. The topological polar surface area (TPSA) is 64.0 Å². The number of carbonyl (C=O) groups excluding carboxylic acids is 1. The Labute approximate surface area is 185 Å². The van der Waals surface area contributed by atoms with Crippen LogP contribution in [0.15, 0.2) is 77.6 Å². The number of nitrogens with one attached hydrogen (secondary N) is 1. The lowest BCUT2D eigenvalue weighted by Gasteiger charge is -2.14. The Kier molecular flexibility index (Phi) is 6.40. The second-order valence-electron chi connectivity index (χ2n) is 7.77. The fourth-order valence-corrected chi connectivity index (χ4v) is 3.65. The van der Waals surface area contributed by atoms with Gasteiger partial charge in [-0.2, -0.15) is 0 Å². The van der Waals surface area contributed by atoms with Crippen molar-refractivity contribution in [1.82, 2.24) is 14.9 Å². The van der Waals surface area contributed by atoms with Crippen molar-refractivity contribution in [2.45, 2.75) is 32.9 Å². The average Bonchev–Trinajstić information content (AvgIpc) is 2.80. The van der Waals surface area contributed by atoms with Gasteiger partial charge >= 0.3 is 0 Å². The van der Waals surface area contributed by atoms with Crippen LogP contribution in [0.5, 0.6) is 0 Å². The van der Waals surface area contributed by atoms with E-state index in [0.717, 1.165) is 27.7 Å². The van der Waals surface area contributed by atoms with Crippen LogP contribution in [0.4, 0.5) is 4.39 Å². The minimum Gasteiger partial charge on any atom is -0.352 e. The van der Waals surface area contributed by atoms with Crippen LogP contribution in [0.2, 0.25) is 0 Å². The molecule has 4 rings (SSSR count). The first-order chi connectivity index (χ1) is 15.5. The van der Waals surface area contributed by atoms with Crippen molar-refractivity contribution in [3.05, 3.63) is 111 Å². The maximum absolute atomic E-state index is 13.3. The quantitative estimate of drug-likeness (QED) is 0.480. The number of halogens is 1. The molecule has 0 spiro atoms. The first-order valence-electron chi connectivity index (χ1n) is 10.6. The van der Waals surface area contributed by atoms with Crippen LogP contribution in [0.1, 0.15) is 28.8 Å². The number of nitrogens with zero attached hydrogens (tertiary/aromatic N) is 2. The van der Waals surface area contributed by atoms with E-state index in [1.54, 1.807) is 16.7 Å². The molecule has 1 heterocycles. The predicted molar refractivity (Wildman–Crippen MR) is 123 cm³/mol. The Bertz CT molecular complexity index is 1310. The van der Waals surface area contributed by atoms with Crippen LogP contribution in [-0.4, -0.2) is 15.5 Å². The molecule has 4 aromatic rings. The fraction of sp³-hybridized carbons (Fsp3) is 0.192. The van der Waals surface area contributed by atoms with Gasteiger partial charge in [-0.15, -0.1) is 0 Å². The van der Waals surface area contributed by atoms with Gasteiger partial charge in [0.15, 0.2) is 0 Å². The van der Waals surface area contributed by atoms with E-state index in [1.807, 2.05) is 55.5 Å². The predicted octanol–water partition coefficient (Wildman–Crippen LogP) is 4.14. The lowest BCUT2D eigenvalue weighted by Crippen LogP contribution is -2.28.